The van der Waals surface area contributed by atoms with Crippen molar-refractivity contribution >= 4 is 17.2 Å². The second-order valence-electron chi connectivity index (χ2n) is 7.09. The number of methoxy groups -OCH3 is 1. The number of ether oxygens (including phenoxy) is 1. The van der Waals surface area contributed by atoms with Gasteiger partial charge in [0.25, 0.3) is 5.91 Å². The normalized spacial score (nSPS) is 12.1. The van der Waals surface area contributed by atoms with Gasteiger partial charge in [0.2, 0.25) is 0 Å². The van der Waals surface area contributed by atoms with Crippen LogP contribution >= 0.6 is 0 Å². The third kappa shape index (κ3) is 4.65. The molecule has 176 valence electrons. The largest absolute Gasteiger partial charge is 0.497 e. The molecule has 2 heterocycles. The number of amides is 1. The van der Waals surface area contributed by atoms with Crippen LogP contribution in [-0.2, 0) is 12.4 Å². The molecule has 0 aliphatic rings. The first kappa shape index (κ1) is 23.1. The zero-order valence-corrected chi connectivity index (χ0v) is 17.2. The molecule has 0 spiro atoms. The summed E-state index contributed by atoms with van der Waals surface area (Å²) in [5.74, 6) is -0.497. The summed E-state index contributed by atoms with van der Waals surface area (Å²) in [6.07, 6.45) is -9.46. The van der Waals surface area contributed by atoms with Gasteiger partial charge in [-0.25, -0.2) is 9.50 Å². The molecule has 4 aromatic rings. The molecule has 4 rings (SSSR count). The number of carbonyl (C=O) groups is 1. The van der Waals surface area contributed by atoms with Gasteiger partial charge in [-0.3, -0.25) is 4.79 Å². The Bertz CT molecular complexity index is 1360. The summed E-state index contributed by atoms with van der Waals surface area (Å²) in [6.45, 7) is 0. The van der Waals surface area contributed by atoms with Gasteiger partial charge >= 0.3 is 12.4 Å². The molecule has 0 saturated carbocycles. The maximum atomic E-state index is 13.7. The van der Waals surface area contributed by atoms with Gasteiger partial charge in [-0.05, 0) is 48.5 Å². The van der Waals surface area contributed by atoms with Crippen LogP contribution in [0.4, 0.5) is 32.0 Å². The first-order valence-electron chi connectivity index (χ1n) is 9.57. The van der Waals surface area contributed by atoms with E-state index in [9.17, 15) is 31.1 Å². The van der Waals surface area contributed by atoms with Crippen molar-refractivity contribution in [1.29, 1.82) is 0 Å². The molecule has 2 aromatic carbocycles. The number of carbonyl (C=O) groups excluding carboxylic acids is 1. The van der Waals surface area contributed by atoms with Crippen molar-refractivity contribution in [2.75, 3.05) is 12.4 Å². The molecule has 0 atom stereocenters. The van der Waals surface area contributed by atoms with Gasteiger partial charge in [0.15, 0.2) is 17.0 Å². The Morgan fingerprint density at radius 3 is 2.26 bits per heavy atom. The zero-order valence-electron chi connectivity index (χ0n) is 17.2. The highest BCUT2D eigenvalue weighted by Crippen LogP contribution is 2.33. The van der Waals surface area contributed by atoms with Gasteiger partial charge in [-0.15, -0.1) is 0 Å². The van der Waals surface area contributed by atoms with Crippen molar-refractivity contribution in [2.45, 2.75) is 12.4 Å². The van der Waals surface area contributed by atoms with Crippen LogP contribution in [0.5, 0.6) is 5.75 Å². The minimum Gasteiger partial charge on any atom is -0.497 e. The van der Waals surface area contributed by atoms with Crippen molar-refractivity contribution in [1.82, 2.24) is 14.6 Å². The lowest BCUT2D eigenvalue weighted by atomic mass is 10.1. The maximum absolute atomic E-state index is 13.7. The average Bonchev–Trinajstić information content (AvgIpc) is 3.22. The predicted octanol–water partition coefficient (Wildman–Crippen LogP) is 5.69. The Hall–Kier alpha value is -4.09. The monoisotopic (exact) mass is 480 g/mol. The highest BCUT2D eigenvalue weighted by Gasteiger charge is 2.36. The Balaban J connectivity index is 1.73. The summed E-state index contributed by atoms with van der Waals surface area (Å²) in [4.78, 5) is 16.7. The topological polar surface area (TPSA) is 68.5 Å². The van der Waals surface area contributed by atoms with E-state index in [0.29, 0.717) is 21.9 Å². The van der Waals surface area contributed by atoms with Crippen molar-refractivity contribution in [3.05, 3.63) is 77.6 Å². The minimum atomic E-state index is -4.83. The van der Waals surface area contributed by atoms with E-state index >= 15 is 0 Å². The number of nitrogens with zero attached hydrogens (tertiary/aromatic N) is 3. The summed E-state index contributed by atoms with van der Waals surface area (Å²) >= 11 is 0. The summed E-state index contributed by atoms with van der Waals surface area (Å²) < 4.78 is 85.4. The summed E-state index contributed by atoms with van der Waals surface area (Å²) in [6, 6.07) is 11.8. The van der Waals surface area contributed by atoms with Gasteiger partial charge in [-0.1, -0.05) is 6.07 Å². The Morgan fingerprint density at radius 1 is 0.941 bits per heavy atom. The smallest absolute Gasteiger partial charge is 0.433 e. The number of alkyl halides is 6. The number of nitrogens with one attached hydrogen (secondary N) is 1. The molecule has 34 heavy (non-hydrogen) atoms. The molecule has 0 radical (unpaired) electrons. The Kier molecular flexibility index (Phi) is 5.67. The second-order valence-corrected chi connectivity index (χ2v) is 7.09. The van der Waals surface area contributed by atoms with Crippen molar-refractivity contribution in [3.63, 3.8) is 0 Å². The van der Waals surface area contributed by atoms with E-state index in [4.69, 9.17) is 4.74 Å². The number of halogens is 6. The molecule has 12 heteroatoms. The third-order valence-corrected chi connectivity index (χ3v) is 4.78. The van der Waals surface area contributed by atoms with Crippen LogP contribution < -0.4 is 10.1 Å². The third-order valence-electron chi connectivity index (χ3n) is 4.78. The van der Waals surface area contributed by atoms with E-state index in [1.54, 1.807) is 12.1 Å². The SMILES string of the molecule is COc1ccc(-c2cc(C(F)(F)F)n3nc(C(=O)Nc4cccc(C(F)(F)F)c4)cc3n2)cc1. The van der Waals surface area contributed by atoms with Gasteiger partial charge in [0.1, 0.15) is 5.75 Å². The van der Waals surface area contributed by atoms with E-state index in [-0.39, 0.29) is 17.0 Å². The summed E-state index contributed by atoms with van der Waals surface area (Å²) in [5.41, 5.74) is -2.75. The van der Waals surface area contributed by atoms with Gasteiger partial charge < -0.3 is 10.1 Å². The number of aromatic nitrogens is 3. The van der Waals surface area contributed by atoms with E-state index in [0.717, 1.165) is 24.3 Å². The van der Waals surface area contributed by atoms with Crippen LogP contribution in [-0.4, -0.2) is 27.6 Å². The lowest BCUT2D eigenvalue weighted by molar-refractivity contribution is -0.142. The first-order chi connectivity index (χ1) is 16.0. The van der Waals surface area contributed by atoms with Gasteiger partial charge in [0, 0.05) is 17.3 Å². The van der Waals surface area contributed by atoms with Crippen LogP contribution in [0.25, 0.3) is 16.9 Å². The molecule has 0 fully saturated rings. The number of hydrogen-bond acceptors (Lipinski definition) is 4. The lowest BCUT2D eigenvalue weighted by Crippen LogP contribution is -2.16. The number of rotatable bonds is 4. The molecule has 1 N–H and O–H groups in total. The van der Waals surface area contributed by atoms with E-state index in [2.05, 4.69) is 15.4 Å². The van der Waals surface area contributed by atoms with Gasteiger partial charge in [0.05, 0.1) is 18.4 Å². The standard InChI is InChI=1S/C22H14F6N4O2/c1-34-15-7-5-12(6-8-15)16-10-18(22(26,27)28)32-19(30-16)11-17(31-32)20(33)29-14-4-2-3-13(9-14)21(23,24)25/h2-11H,1H3,(H,29,33). The summed E-state index contributed by atoms with van der Waals surface area (Å²) in [7, 11) is 1.44. The van der Waals surface area contributed by atoms with Crippen LogP contribution in [0.15, 0.2) is 60.7 Å². The highest BCUT2D eigenvalue weighted by atomic mass is 19.4. The van der Waals surface area contributed by atoms with Crippen LogP contribution in [0.3, 0.4) is 0 Å². The van der Waals surface area contributed by atoms with E-state index < -0.39 is 35.2 Å². The second kappa shape index (κ2) is 8.36. The quantitative estimate of drug-likeness (QED) is 0.381. The molecule has 1 amide bonds. The number of anilines is 1. The van der Waals surface area contributed by atoms with E-state index in [1.807, 2.05) is 0 Å². The number of fused-ring (bicyclic) bond motifs is 1. The van der Waals surface area contributed by atoms with Crippen molar-refractivity contribution < 1.29 is 35.9 Å². The van der Waals surface area contributed by atoms with Crippen molar-refractivity contribution in [3.8, 4) is 17.0 Å². The molecule has 0 unspecified atom stereocenters. The van der Waals surface area contributed by atoms with E-state index in [1.165, 1.54) is 25.3 Å². The molecule has 0 saturated heterocycles. The molecular weight excluding hydrogens is 466 g/mol. The average molecular weight is 480 g/mol. The number of benzene rings is 2. The molecule has 0 bridgehead atoms. The predicted molar refractivity (Wildman–Crippen MR) is 109 cm³/mol. The lowest BCUT2D eigenvalue weighted by Gasteiger charge is -2.11. The summed E-state index contributed by atoms with van der Waals surface area (Å²) in [5, 5.41) is 5.90. The highest BCUT2D eigenvalue weighted by molar-refractivity contribution is 6.03. The van der Waals surface area contributed by atoms with Gasteiger partial charge in [-0.2, -0.15) is 31.4 Å². The molecule has 0 aliphatic carbocycles. The fourth-order valence-electron chi connectivity index (χ4n) is 3.17. The molecule has 2 aromatic heterocycles. The minimum absolute atomic E-state index is 0.0211. The van der Waals surface area contributed by atoms with Crippen LogP contribution in [0.2, 0.25) is 0 Å². The maximum Gasteiger partial charge on any atom is 0.433 e. The van der Waals surface area contributed by atoms with Crippen molar-refractivity contribution in [2.24, 2.45) is 0 Å². The number of hydrogen-bond donors (Lipinski definition) is 1. The fraction of sp³-hybridized carbons (Fsp3) is 0.136. The zero-order chi connectivity index (χ0) is 24.7. The molecule has 0 aliphatic heterocycles. The fourth-order valence-corrected chi connectivity index (χ4v) is 3.17. The Morgan fingerprint density at radius 2 is 1.65 bits per heavy atom. The van der Waals surface area contributed by atoms with Crippen LogP contribution in [0, 0.1) is 0 Å². The van der Waals surface area contributed by atoms with Crippen LogP contribution in [0.1, 0.15) is 21.7 Å². The Labute approximate surface area is 187 Å². The molecular formula is C22H14F6N4O2. The molecule has 6 nitrogen and oxygen atoms in total. The first-order valence-corrected chi connectivity index (χ1v) is 9.57.